The van der Waals surface area contributed by atoms with Gasteiger partial charge in [-0.25, -0.2) is 0 Å². The molecule has 0 amide bonds. The van der Waals surface area contributed by atoms with Crippen LogP contribution in [0.25, 0.3) is 0 Å². The topological polar surface area (TPSA) is 48.3 Å². The lowest BCUT2D eigenvalue weighted by atomic mass is 9.85. The molecule has 0 saturated heterocycles. The third kappa shape index (κ3) is 5.58. The van der Waals surface area contributed by atoms with Crippen LogP contribution in [0.5, 0.6) is 0 Å². The van der Waals surface area contributed by atoms with E-state index in [1.54, 1.807) is 7.11 Å². The van der Waals surface area contributed by atoms with Crippen LogP contribution in [0, 0.1) is 23.2 Å². The van der Waals surface area contributed by atoms with Crippen LogP contribution in [0.1, 0.15) is 46.5 Å². The van der Waals surface area contributed by atoms with Crippen LogP contribution < -0.4 is 5.32 Å². The van der Waals surface area contributed by atoms with Gasteiger partial charge in [0.1, 0.15) is 5.54 Å². The second-order valence-corrected chi connectivity index (χ2v) is 6.68. The molecule has 0 aromatic heterocycles. The summed E-state index contributed by atoms with van der Waals surface area (Å²) >= 11 is 0. The number of hydrogen-bond donors (Lipinski definition) is 1. The average Bonchev–Trinajstić information content (AvgIpc) is 2.85. The molecule has 0 aliphatic heterocycles. The molecule has 0 spiro atoms. The zero-order valence-electron chi connectivity index (χ0n) is 14.3. The highest BCUT2D eigenvalue weighted by molar-refractivity contribution is 5.14. The van der Waals surface area contributed by atoms with Crippen molar-refractivity contribution in [3.8, 4) is 6.07 Å². The summed E-state index contributed by atoms with van der Waals surface area (Å²) in [5.74, 6) is 1.15. The van der Waals surface area contributed by atoms with Crippen molar-refractivity contribution in [1.29, 1.82) is 5.26 Å². The van der Waals surface area contributed by atoms with Crippen molar-refractivity contribution in [2.45, 2.75) is 52.0 Å². The highest BCUT2D eigenvalue weighted by Crippen LogP contribution is 2.37. The molecule has 21 heavy (non-hydrogen) atoms. The first-order chi connectivity index (χ1) is 10.1. The van der Waals surface area contributed by atoms with E-state index in [0.717, 1.165) is 45.6 Å². The number of nitrogens with one attached hydrogen (secondary N) is 1. The lowest BCUT2D eigenvalue weighted by molar-refractivity contribution is 0.132. The Labute approximate surface area is 130 Å². The number of methoxy groups -OCH3 is 1. The van der Waals surface area contributed by atoms with Crippen molar-refractivity contribution >= 4 is 0 Å². The Kier molecular flexibility index (Phi) is 8.24. The molecule has 0 aromatic carbocycles. The maximum absolute atomic E-state index is 9.62. The van der Waals surface area contributed by atoms with Crippen LogP contribution in [0.3, 0.4) is 0 Å². The summed E-state index contributed by atoms with van der Waals surface area (Å²) in [6.07, 6.45) is 4.47. The first-order valence-electron chi connectivity index (χ1n) is 8.45. The van der Waals surface area contributed by atoms with Crippen LogP contribution >= 0.6 is 0 Å². The summed E-state index contributed by atoms with van der Waals surface area (Å²) in [4.78, 5) is 2.49. The first kappa shape index (κ1) is 18.4. The Hall–Kier alpha value is -0.630. The van der Waals surface area contributed by atoms with E-state index in [1.807, 2.05) is 0 Å². The minimum Gasteiger partial charge on any atom is -0.383 e. The molecule has 1 aliphatic carbocycles. The minimum atomic E-state index is -0.278. The molecule has 0 aromatic rings. The van der Waals surface area contributed by atoms with Gasteiger partial charge in [0.25, 0.3) is 0 Å². The predicted molar refractivity (Wildman–Crippen MR) is 87.1 cm³/mol. The van der Waals surface area contributed by atoms with E-state index in [4.69, 9.17) is 4.74 Å². The van der Waals surface area contributed by atoms with Crippen molar-refractivity contribution in [1.82, 2.24) is 10.2 Å². The monoisotopic (exact) mass is 295 g/mol. The van der Waals surface area contributed by atoms with Gasteiger partial charge >= 0.3 is 0 Å². The normalized spacial score (nSPS) is 25.7. The number of nitrogens with zero attached hydrogens (tertiary/aromatic N) is 2. The second-order valence-electron chi connectivity index (χ2n) is 6.68. The van der Waals surface area contributed by atoms with Crippen molar-refractivity contribution in [3.05, 3.63) is 0 Å². The Balaban J connectivity index is 2.55. The van der Waals surface area contributed by atoms with Crippen LogP contribution in [-0.4, -0.2) is 50.3 Å². The Bertz CT molecular complexity index is 326. The number of nitriles is 1. The van der Waals surface area contributed by atoms with Crippen molar-refractivity contribution < 1.29 is 4.74 Å². The summed E-state index contributed by atoms with van der Waals surface area (Å²) in [5, 5.41) is 13.1. The zero-order valence-corrected chi connectivity index (χ0v) is 14.3. The first-order valence-corrected chi connectivity index (χ1v) is 8.45. The molecular weight excluding hydrogens is 262 g/mol. The van der Waals surface area contributed by atoms with Gasteiger partial charge < -0.3 is 9.64 Å². The SMILES string of the molecule is CCNC1(C#N)CCCC1CCN(CCOC)CC(C)C. The molecule has 1 N–H and O–H groups in total. The van der Waals surface area contributed by atoms with Gasteiger partial charge in [-0.05, 0) is 44.2 Å². The molecule has 0 radical (unpaired) electrons. The summed E-state index contributed by atoms with van der Waals surface area (Å²) in [5.41, 5.74) is -0.278. The van der Waals surface area contributed by atoms with Crippen LogP contribution in [0.2, 0.25) is 0 Å². The fourth-order valence-electron chi connectivity index (χ4n) is 3.57. The Morgan fingerprint density at radius 3 is 2.76 bits per heavy atom. The molecular formula is C17H33N3O. The summed E-state index contributed by atoms with van der Waals surface area (Å²) in [7, 11) is 1.76. The third-order valence-electron chi connectivity index (χ3n) is 4.54. The average molecular weight is 295 g/mol. The molecule has 1 rings (SSSR count). The molecule has 2 unspecified atom stereocenters. The van der Waals surface area contributed by atoms with E-state index in [1.165, 1.54) is 12.8 Å². The fraction of sp³-hybridized carbons (Fsp3) is 0.941. The number of rotatable bonds is 10. The van der Waals surface area contributed by atoms with Crippen LogP contribution in [0.4, 0.5) is 0 Å². The van der Waals surface area contributed by atoms with Gasteiger partial charge in [-0.2, -0.15) is 5.26 Å². The summed E-state index contributed by atoms with van der Waals surface area (Å²) < 4.78 is 5.22. The Morgan fingerprint density at radius 1 is 1.43 bits per heavy atom. The van der Waals surface area contributed by atoms with Gasteiger partial charge in [0.15, 0.2) is 0 Å². The smallest absolute Gasteiger partial charge is 0.109 e. The van der Waals surface area contributed by atoms with Crippen molar-refractivity contribution in [2.75, 3.05) is 39.9 Å². The number of hydrogen-bond acceptors (Lipinski definition) is 4. The van der Waals surface area contributed by atoms with Crippen LogP contribution in [-0.2, 0) is 4.74 Å². The van der Waals surface area contributed by atoms with E-state index in [-0.39, 0.29) is 5.54 Å². The van der Waals surface area contributed by atoms with Gasteiger partial charge in [-0.15, -0.1) is 0 Å². The van der Waals surface area contributed by atoms with Crippen molar-refractivity contribution in [2.24, 2.45) is 11.8 Å². The largest absolute Gasteiger partial charge is 0.383 e. The van der Waals surface area contributed by atoms with E-state index in [2.05, 4.69) is 37.1 Å². The summed E-state index contributed by atoms with van der Waals surface area (Å²) in [6.45, 7) is 11.4. The van der Waals surface area contributed by atoms with Gasteiger partial charge in [0.2, 0.25) is 0 Å². The molecule has 2 atom stereocenters. The predicted octanol–water partition coefficient (Wildman–Crippen LogP) is 2.65. The second kappa shape index (κ2) is 9.40. The van der Waals surface area contributed by atoms with Gasteiger partial charge in [-0.1, -0.05) is 27.2 Å². The molecule has 4 nitrogen and oxygen atoms in total. The van der Waals surface area contributed by atoms with Crippen LogP contribution in [0.15, 0.2) is 0 Å². The van der Waals surface area contributed by atoms with E-state index in [0.29, 0.717) is 11.8 Å². The van der Waals surface area contributed by atoms with Crippen molar-refractivity contribution in [3.63, 3.8) is 0 Å². The van der Waals surface area contributed by atoms with E-state index in [9.17, 15) is 5.26 Å². The lowest BCUT2D eigenvalue weighted by Gasteiger charge is -2.32. The maximum Gasteiger partial charge on any atom is 0.109 e. The van der Waals surface area contributed by atoms with E-state index >= 15 is 0 Å². The molecule has 1 fully saturated rings. The summed E-state index contributed by atoms with van der Waals surface area (Å²) in [6, 6.07) is 2.58. The fourth-order valence-corrected chi connectivity index (χ4v) is 3.57. The number of ether oxygens (including phenoxy) is 1. The van der Waals surface area contributed by atoms with E-state index < -0.39 is 0 Å². The standard InChI is InChI=1S/C17H33N3O/c1-5-19-17(14-18)9-6-7-16(17)8-10-20(11-12-21-4)13-15(2)3/h15-16,19H,5-13H2,1-4H3. The van der Waals surface area contributed by atoms with Gasteiger partial charge in [-0.3, -0.25) is 5.32 Å². The zero-order chi connectivity index (χ0) is 15.7. The van der Waals surface area contributed by atoms with Gasteiger partial charge in [0, 0.05) is 20.2 Å². The van der Waals surface area contributed by atoms with Gasteiger partial charge in [0.05, 0.1) is 12.7 Å². The Morgan fingerprint density at radius 2 is 2.19 bits per heavy atom. The molecule has 1 saturated carbocycles. The highest BCUT2D eigenvalue weighted by Gasteiger charge is 2.42. The molecule has 0 heterocycles. The minimum absolute atomic E-state index is 0.278. The quantitative estimate of drug-likeness (QED) is 0.673. The third-order valence-corrected chi connectivity index (χ3v) is 4.54. The molecule has 122 valence electrons. The lowest BCUT2D eigenvalue weighted by Crippen LogP contribution is -2.48. The molecule has 0 bridgehead atoms. The maximum atomic E-state index is 9.62. The molecule has 1 aliphatic rings. The highest BCUT2D eigenvalue weighted by atomic mass is 16.5. The molecule has 4 heteroatoms.